The first-order valence-electron chi connectivity index (χ1n) is 6.06. The first-order valence-corrected chi connectivity index (χ1v) is 6.94. The monoisotopic (exact) mass is 271 g/mol. The molecule has 18 heavy (non-hydrogen) atoms. The average molecular weight is 271 g/mol. The topological polar surface area (TPSA) is 63.2 Å². The fourth-order valence-electron chi connectivity index (χ4n) is 1.20. The molecule has 0 saturated heterocycles. The minimum absolute atomic E-state index is 0.391. The van der Waals surface area contributed by atoms with Crippen molar-refractivity contribution in [3.63, 3.8) is 0 Å². The van der Waals surface area contributed by atoms with Gasteiger partial charge in [-0.15, -0.1) is 11.3 Å². The summed E-state index contributed by atoms with van der Waals surface area (Å²) in [7, 11) is 0. The van der Waals surface area contributed by atoms with E-state index in [0.29, 0.717) is 13.1 Å². The number of rotatable bonds is 5. The molecule has 0 radical (unpaired) electrons. The Balaban J connectivity index is 2.17. The van der Waals surface area contributed by atoms with Crippen molar-refractivity contribution in [3.05, 3.63) is 11.1 Å². The number of nitrogens with zero attached hydrogens (tertiary/aromatic N) is 1. The summed E-state index contributed by atoms with van der Waals surface area (Å²) < 4.78 is 5.12. The maximum atomic E-state index is 11.3. The Hall–Kier alpha value is -1.30. The van der Waals surface area contributed by atoms with Crippen LogP contribution >= 0.6 is 11.3 Å². The number of anilines is 1. The lowest BCUT2D eigenvalue weighted by molar-refractivity contribution is 0.0530. The van der Waals surface area contributed by atoms with Gasteiger partial charge in [0.25, 0.3) is 0 Å². The fourth-order valence-corrected chi connectivity index (χ4v) is 2.02. The fraction of sp³-hybridized carbons (Fsp3) is 0.667. The Labute approximate surface area is 112 Å². The molecular weight excluding hydrogens is 250 g/mol. The van der Waals surface area contributed by atoms with Crippen molar-refractivity contribution in [2.75, 3.05) is 18.4 Å². The van der Waals surface area contributed by atoms with Gasteiger partial charge in [0, 0.05) is 18.5 Å². The van der Waals surface area contributed by atoms with E-state index < -0.39 is 11.7 Å². The first kappa shape index (κ1) is 14.8. The molecule has 0 saturated carbocycles. The van der Waals surface area contributed by atoms with Crippen molar-refractivity contribution in [2.45, 2.75) is 39.7 Å². The van der Waals surface area contributed by atoms with Gasteiger partial charge in [-0.05, 0) is 27.2 Å². The van der Waals surface area contributed by atoms with E-state index in [0.717, 1.165) is 17.2 Å². The quantitative estimate of drug-likeness (QED) is 0.808. The summed E-state index contributed by atoms with van der Waals surface area (Å²) in [6.45, 7) is 8.74. The van der Waals surface area contributed by atoms with Gasteiger partial charge in [-0.1, -0.05) is 6.92 Å². The Morgan fingerprint density at radius 1 is 1.44 bits per heavy atom. The van der Waals surface area contributed by atoms with Gasteiger partial charge in [-0.25, -0.2) is 9.78 Å². The van der Waals surface area contributed by atoms with E-state index in [4.69, 9.17) is 4.74 Å². The number of aromatic nitrogens is 1. The van der Waals surface area contributed by atoms with Crippen LogP contribution in [-0.4, -0.2) is 29.8 Å². The third-order valence-electron chi connectivity index (χ3n) is 1.98. The van der Waals surface area contributed by atoms with Gasteiger partial charge in [-0.2, -0.15) is 0 Å². The van der Waals surface area contributed by atoms with Crippen molar-refractivity contribution < 1.29 is 9.53 Å². The van der Waals surface area contributed by atoms with E-state index in [1.807, 2.05) is 26.2 Å². The van der Waals surface area contributed by atoms with Crippen molar-refractivity contribution in [1.82, 2.24) is 10.3 Å². The van der Waals surface area contributed by atoms with Crippen LogP contribution in [0.25, 0.3) is 0 Å². The summed E-state index contributed by atoms with van der Waals surface area (Å²) in [6, 6.07) is 0. The second kappa shape index (κ2) is 6.58. The molecule has 1 aromatic rings. The van der Waals surface area contributed by atoms with Gasteiger partial charge in [0.1, 0.15) is 5.60 Å². The largest absolute Gasteiger partial charge is 0.444 e. The smallest absolute Gasteiger partial charge is 0.407 e. The molecule has 1 rings (SSSR count). The Bertz CT molecular complexity index is 385. The predicted octanol–water partition coefficient (Wildman–Crippen LogP) is 2.64. The van der Waals surface area contributed by atoms with Crippen molar-refractivity contribution in [2.24, 2.45) is 0 Å². The number of hydrogen-bond donors (Lipinski definition) is 2. The van der Waals surface area contributed by atoms with Crippen LogP contribution in [0.5, 0.6) is 0 Å². The molecule has 0 atom stereocenters. The highest BCUT2D eigenvalue weighted by molar-refractivity contribution is 7.13. The summed E-state index contributed by atoms with van der Waals surface area (Å²) in [5.74, 6) is 0. The van der Waals surface area contributed by atoms with Crippen molar-refractivity contribution in [3.8, 4) is 0 Å². The van der Waals surface area contributed by atoms with E-state index in [1.165, 1.54) is 0 Å². The molecule has 0 fully saturated rings. The van der Waals surface area contributed by atoms with Crippen molar-refractivity contribution >= 4 is 22.6 Å². The normalized spacial score (nSPS) is 11.1. The number of aryl methyl sites for hydroxylation is 1. The molecular formula is C12H21N3O2S. The van der Waals surface area contributed by atoms with Gasteiger partial charge < -0.3 is 15.4 Å². The lowest BCUT2D eigenvalue weighted by Crippen LogP contribution is -2.34. The minimum Gasteiger partial charge on any atom is -0.444 e. The van der Waals surface area contributed by atoms with E-state index in [2.05, 4.69) is 22.5 Å². The zero-order chi connectivity index (χ0) is 13.6. The van der Waals surface area contributed by atoms with Crippen LogP contribution in [0.2, 0.25) is 0 Å². The van der Waals surface area contributed by atoms with Crippen molar-refractivity contribution in [1.29, 1.82) is 0 Å². The molecule has 5 nitrogen and oxygen atoms in total. The highest BCUT2D eigenvalue weighted by Crippen LogP contribution is 2.14. The van der Waals surface area contributed by atoms with E-state index >= 15 is 0 Å². The number of ether oxygens (including phenoxy) is 1. The number of thiazole rings is 1. The molecule has 2 N–H and O–H groups in total. The van der Waals surface area contributed by atoms with Crippen LogP contribution in [0.4, 0.5) is 9.93 Å². The summed E-state index contributed by atoms with van der Waals surface area (Å²) >= 11 is 1.58. The second-order valence-electron chi connectivity index (χ2n) is 4.85. The summed E-state index contributed by atoms with van der Waals surface area (Å²) in [5, 5.41) is 8.76. The Kier molecular flexibility index (Phi) is 5.40. The first-order chi connectivity index (χ1) is 8.40. The maximum absolute atomic E-state index is 11.3. The Morgan fingerprint density at radius 2 is 2.17 bits per heavy atom. The summed E-state index contributed by atoms with van der Waals surface area (Å²) in [4.78, 5) is 15.7. The summed E-state index contributed by atoms with van der Waals surface area (Å²) in [6.07, 6.45) is 0.548. The lowest BCUT2D eigenvalue weighted by Gasteiger charge is -2.19. The number of carbonyl (C=O) groups is 1. The third kappa shape index (κ3) is 5.86. The van der Waals surface area contributed by atoms with Gasteiger partial charge in [-0.3, -0.25) is 0 Å². The molecule has 0 spiro atoms. The number of hydrogen-bond acceptors (Lipinski definition) is 5. The zero-order valence-corrected chi connectivity index (χ0v) is 12.2. The van der Waals surface area contributed by atoms with Crippen LogP contribution in [0.15, 0.2) is 5.38 Å². The van der Waals surface area contributed by atoms with Crippen LogP contribution in [-0.2, 0) is 11.2 Å². The second-order valence-corrected chi connectivity index (χ2v) is 5.71. The highest BCUT2D eigenvalue weighted by Gasteiger charge is 2.15. The third-order valence-corrected chi connectivity index (χ3v) is 2.83. The lowest BCUT2D eigenvalue weighted by atomic mass is 10.2. The van der Waals surface area contributed by atoms with Gasteiger partial charge in [0.05, 0.1) is 5.69 Å². The van der Waals surface area contributed by atoms with Gasteiger partial charge in [0.2, 0.25) is 0 Å². The molecule has 102 valence electrons. The highest BCUT2D eigenvalue weighted by atomic mass is 32.1. The van der Waals surface area contributed by atoms with Crippen LogP contribution in [0.3, 0.4) is 0 Å². The van der Waals surface area contributed by atoms with E-state index in [-0.39, 0.29) is 0 Å². The number of amides is 1. The average Bonchev–Trinajstić information content (AvgIpc) is 2.70. The zero-order valence-electron chi connectivity index (χ0n) is 11.4. The number of nitrogens with one attached hydrogen (secondary N) is 2. The Morgan fingerprint density at radius 3 is 2.72 bits per heavy atom. The maximum Gasteiger partial charge on any atom is 0.407 e. The molecule has 1 amide bonds. The standard InChI is InChI=1S/C12H21N3O2S/c1-5-9-8-18-10(15-9)13-6-7-14-11(16)17-12(2,3)4/h8H,5-7H2,1-4H3,(H,13,15)(H,14,16). The molecule has 1 aromatic heterocycles. The van der Waals surface area contributed by atoms with E-state index in [9.17, 15) is 4.79 Å². The molecule has 0 aliphatic heterocycles. The number of alkyl carbamates (subject to hydrolysis) is 1. The van der Waals surface area contributed by atoms with Gasteiger partial charge >= 0.3 is 6.09 Å². The molecule has 6 heteroatoms. The summed E-state index contributed by atoms with van der Waals surface area (Å²) in [5.41, 5.74) is 0.630. The van der Waals surface area contributed by atoms with Crippen LogP contribution in [0, 0.1) is 0 Å². The minimum atomic E-state index is -0.456. The van der Waals surface area contributed by atoms with Crippen LogP contribution in [0.1, 0.15) is 33.4 Å². The van der Waals surface area contributed by atoms with Crippen LogP contribution < -0.4 is 10.6 Å². The molecule has 0 aliphatic rings. The van der Waals surface area contributed by atoms with E-state index in [1.54, 1.807) is 11.3 Å². The predicted molar refractivity (Wildman–Crippen MR) is 74.2 cm³/mol. The molecule has 1 heterocycles. The molecule has 0 unspecified atom stereocenters. The molecule has 0 bridgehead atoms. The van der Waals surface area contributed by atoms with Gasteiger partial charge in [0.15, 0.2) is 5.13 Å². The molecule has 0 aliphatic carbocycles. The SMILES string of the molecule is CCc1csc(NCCNC(=O)OC(C)(C)C)n1. The number of carbonyl (C=O) groups excluding carboxylic acids is 1. The molecule has 0 aromatic carbocycles.